The fraction of sp³-hybridized carbons (Fsp3) is 0.0909. The summed E-state index contributed by atoms with van der Waals surface area (Å²) in [6.45, 7) is -0.290. The molecule has 3 aromatic carbocycles. The summed E-state index contributed by atoms with van der Waals surface area (Å²) in [5.41, 5.74) is 2.32. The summed E-state index contributed by atoms with van der Waals surface area (Å²) in [5.74, 6) is 3.07. The maximum absolute atomic E-state index is 13.7. The number of aromatic nitrogens is 1. The molecule has 0 spiro atoms. The predicted octanol–water partition coefficient (Wildman–Crippen LogP) is 4.03. The van der Waals surface area contributed by atoms with Gasteiger partial charge in [0.05, 0.1) is 24.7 Å². The van der Waals surface area contributed by atoms with Crippen LogP contribution in [0.4, 0.5) is 4.79 Å². The molecule has 1 atom stereocenters. The standard InChI is InChI=1S/C33H26N4O5/c1-42-32(40)23-13-5-6-14-24(35-30(38)21-34-31(39)22-11-3-2-4-12-22)20-25(19-23)36-33(41)37-28-17-9-7-15-26(28)27-16-8-10-18-29(27)37/h2-4,6-12,14-20,23H,21H2,1H3,(H,34,39)(H,35,38)(H,36,41)/b14-6?,24-20+,25-19?. The van der Waals surface area contributed by atoms with Crippen molar-refractivity contribution in [2.75, 3.05) is 13.7 Å². The predicted molar refractivity (Wildman–Crippen MR) is 159 cm³/mol. The Bertz CT molecular complexity index is 1800. The highest BCUT2D eigenvalue weighted by Crippen LogP contribution is 2.28. The van der Waals surface area contributed by atoms with Crippen molar-refractivity contribution in [3.8, 4) is 11.8 Å². The van der Waals surface area contributed by atoms with E-state index in [-0.39, 0.29) is 17.9 Å². The van der Waals surface area contributed by atoms with Gasteiger partial charge in [0.2, 0.25) is 5.91 Å². The second-order valence-corrected chi connectivity index (χ2v) is 9.24. The third-order valence-electron chi connectivity index (χ3n) is 6.46. The van der Waals surface area contributed by atoms with Gasteiger partial charge in [0, 0.05) is 27.7 Å². The van der Waals surface area contributed by atoms with Gasteiger partial charge in [0.15, 0.2) is 0 Å². The number of esters is 1. The zero-order valence-corrected chi connectivity index (χ0v) is 22.6. The number of carbonyl (C=O) groups is 4. The van der Waals surface area contributed by atoms with E-state index in [4.69, 9.17) is 4.74 Å². The molecule has 9 nitrogen and oxygen atoms in total. The van der Waals surface area contributed by atoms with Crippen molar-refractivity contribution in [2.24, 2.45) is 5.92 Å². The lowest BCUT2D eigenvalue weighted by Crippen LogP contribution is -2.36. The molecule has 3 N–H and O–H groups in total. The van der Waals surface area contributed by atoms with Gasteiger partial charge in [-0.05, 0) is 48.6 Å². The molecule has 1 aromatic heterocycles. The zero-order chi connectivity index (χ0) is 29.5. The summed E-state index contributed by atoms with van der Waals surface area (Å²) in [6, 6.07) is 23.2. The first-order chi connectivity index (χ1) is 20.4. The van der Waals surface area contributed by atoms with Crippen LogP contribution in [0.3, 0.4) is 0 Å². The largest absolute Gasteiger partial charge is 0.468 e. The summed E-state index contributed by atoms with van der Waals surface area (Å²) in [7, 11) is 1.25. The molecule has 1 unspecified atom stereocenters. The van der Waals surface area contributed by atoms with Gasteiger partial charge in [-0.25, -0.2) is 4.79 Å². The van der Waals surface area contributed by atoms with E-state index in [1.165, 1.54) is 31.4 Å². The van der Waals surface area contributed by atoms with Crippen molar-refractivity contribution in [2.45, 2.75) is 0 Å². The summed E-state index contributed by atoms with van der Waals surface area (Å²) in [4.78, 5) is 51.3. The number of para-hydroxylation sites is 2. The summed E-state index contributed by atoms with van der Waals surface area (Å²) in [6.07, 6.45) is 5.96. The molecular formula is C33H26N4O5. The Balaban J connectivity index is 1.43. The Labute approximate surface area is 241 Å². The molecule has 0 saturated carbocycles. The van der Waals surface area contributed by atoms with Crippen molar-refractivity contribution in [3.05, 3.63) is 120 Å². The van der Waals surface area contributed by atoms with Crippen LogP contribution in [0.1, 0.15) is 10.4 Å². The number of hydrogen-bond acceptors (Lipinski definition) is 5. The SMILES string of the molecule is COC(=O)C1C#CC=C/C(NC(=O)CNC(=O)c2ccccc2)=C\C(NC(=O)n2c3ccccc3c3ccccc32)=C1. The lowest BCUT2D eigenvalue weighted by atomic mass is 10.1. The van der Waals surface area contributed by atoms with Gasteiger partial charge in [-0.1, -0.05) is 66.4 Å². The average molecular weight is 559 g/mol. The van der Waals surface area contributed by atoms with Gasteiger partial charge < -0.3 is 20.7 Å². The van der Waals surface area contributed by atoms with Crippen molar-refractivity contribution in [1.29, 1.82) is 0 Å². The number of carbonyl (C=O) groups excluding carboxylic acids is 4. The minimum Gasteiger partial charge on any atom is -0.468 e. The van der Waals surface area contributed by atoms with Crippen molar-refractivity contribution in [1.82, 2.24) is 20.5 Å². The van der Waals surface area contributed by atoms with Crippen LogP contribution in [0.5, 0.6) is 0 Å². The molecule has 0 aliphatic heterocycles. The number of benzene rings is 3. The minimum absolute atomic E-state index is 0.210. The van der Waals surface area contributed by atoms with E-state index in [1.807, 2.05) is 48.5 Å². The van der Waals surface area contributed by atoms with E-state index in [9.17, 15) is 19.2 Å². The minimum atomic E-state index is -0.982. The molecule has 9 heteroatoms. The maximum Gasteiger partial charge on any atom is 0.330 e. The number of amides is 3. The number of methoxy groups -OCH3 is 1. The third-order valence-corrected chi connectivity index (χ3v) is 6.46. The molecule has 0 radical (unpaired) electrons. The number of hydrogen-bond donors (Lipinski definition) is 3. The van der Waals surface area contributed by atoms with Crippen molar-refractivity contribution in [3.63, 3.8) is 0 Å². The van der Waals surface area contributed by atoms with Crippen LogP contribution in [-0.4, -0.2) is 42.0 Å². The van der Waals surface area contributed by atoms with Gasteiger partial charge in [0.1, 0.15) is 5.92 Å². The van der Waals surface area contributed by atoms with Crippen LogP contribution in [-0.2, 0) is 14.3 Å². The molecule has 3 amide bonds. The van der Waals surface area contributed by atoms with E-state index in [1.54, 1.807) is 34.9 Å². The highest BCUT2D eigenvalue weighted by Gasteiger charge is 2.20. The zero-order valence-electron chi connectivity index (χ0n) is 22.6. The Morgan fingerprint density at radius 1 is 0.833 bits per heavy atom. The van der Waals surface area contributed by atoms with Gasteiger partial charge in [-0.2, -0.15) is 0 Å². The van der Waals surface area contributed by atoms with E-state index in [0.717, 1.165) is 10.8 Å². The molecule has 208 valence electrons. The van der Waals surface area contributed by atoms with Gasteiger partial charge in [-0.3, -0.25) is 19.0 Å². The third kappa shape index (κ3) is 6.13. The molecule has 1 aliphatic rings. The summed E-state index contributed by atoms with van der Waals surface area (Å²) in [5, 5.41) is 9.97. The normalized spacial score (nSPS) is 15.5. The van der Waals surface area contributed by atoms with Crippen LogP contribution in [0, 0.1) is 17.8 Å². The number of allylic oxidation sites excluding steroid dienone is 3. The van der Waals surface area contributed by atoms with Crippen molar-refractivity contribution >= 4 is 45.6 Å². The maximum atomic E-state index is 13.7. The molecule has 5 rings (SSSR count). The fourth-order valence-electron chi connectivity index (χ4n) is 4.54. The topological polar surface area (TPSA) is 119 Å². The van der Waals surface area contributed by atoms with Crippen LogP contribution in [0.25, 0.3) is 21.8 Å². The molecule has 0 fully saturated rings. The Morgan fingerprint density at radius 3 is 2.14 bits per heavy atom. The van der Waals surface area contributed by atoms with Crippen LogP contribution in [0.15, 0.2) is 115 Å². The molecule has 0 bridgehead atoms. The lowest BCUT2D eigenvalue weighted by Gasteiger charge is -2.13. The first kappa shape index (κ1) is 27.7. The fourth-order valence-corrected chi connectivity index (χ4v) is 4.54. The highest BCUT2D eigenvalue weighted by atomic mass is 16.5. The van der Waals surface area contributed by atoms with E-state index in [0.29, 0.717) is 16.6 Å². The quantitative estimate of drug-likeness (QED) is 0.244. The van der Waals surface area contributed by atoms with E-state index < -0.39 is 29.7 Å². The second-order valence-electron chi connectivity index (χ2n) is 9.24. The van der Waals surface area contributed by atoms with Crippen LogP contribution >= 0.6 is 0 Å². The summed E-state index contributed by atoms with van der Waals surface area (Å²) < 4.78 is 6.44. The number of rotatable bonds is 6. The Morgan fingerprint density at radius 2 is 1.48 bits per heavy atom. The number of fused-ring (bicyclic) bond motifs is 3. The van der Waals surface area contributed by atoms with Crippen molar-refractivity contribution < 1.29 is 23.9 Å². The molecule has 42 heavy (non-hydrogen) atoms. The number of nitrogens with one attached hydrogen (secondary N) is 3. The van der Waals surface area contributed by atoms with Gasteiger partial charge in [0.25, 0.3) is 5.91 Å². The Hall–Kier alpha value is -5.88. The van der Waals surface area contributed by atoms with Crippen LogP contribution < -0.4 is 16.0 Å². The molecule has 4 aromatic rings. The molecular weight excluding hydrogens is 532 g/mol. The monoisotopic (exact) mass is 558 g/mol. The number of nitrogens with zero attached hydrogens (tertiary/aromatic N) is 1. The average Bonchev–Trinajstić information content (AvgIpc) is 3.39. The summed E-state index contributed by atoms with van der Waals surface area (Å²) >= 11 is 0. The smallest absolute Gasteiger partial charge is 0.330 e. The number of ether oxygens (including phenoxy) is 1. The highest BCUT2D eigenvalue weighted by molar-refractivity contribution is 6.13. The first-order valence-corrected chi connectivity index (χ1v) is 13.1. The van der Waals surface area contributed by atoms with Crippen LogP contribution in [0.2, 0.25) is 0 Å². The Kier molecular flexibility index (Phi) is 8.26. The van der Waals surface area contributed by atoms with E-state index >= 15 is 0 Å². The van der Waals surface area contributed by atoms with E-state index in [2.05, 4.69) is 27.8 Å². The van der Waals surface area contributed by atoms with Gasteiger partial charge in [-0.15, -0.1) is 0 Å². The first-order valence-electron chi connectivity index (χ1n) is 13.1. The molecule has 1 heterocycles. The molecule has 0 saturated heterocycles. The lowest BCUT2D eigenvalue weighted by molar-refractivity contribution is -0.142. The second kappa shape index (κ2) is 12.5. The van der Waals surface area contributed by atoms with Gasteiger partial charge >= 0.3 is 12.0 Å². The molecule has 1 aliphatic carbocycles.